The highest BCUT2D eigenvalue weighted by atomic mass is 19.1. The zero-order chi connectivity index (χ0) is 18.4. The van der Waals surface area contributed by atoms with Crippen LogP contribution in [0.15, 0.2) is 18.2 Å². The predicted octanol–water partition coefficient (Wildman–Crippen LogP) is 2.45. The van der Waals surface area contributed by atoms with Crippen LogP contribution in [0.2, 0.25) is 0 Å². The summed E-state index contributed by atoms with van der Waals surface area (Å²) >= 11 is 0. The van der Waals surface area contributed by atoms with Crippen molar-refractivity contribution in [3.05, 3.63) is 29.6 Å². The fourth-order valence-electron chi connectivity index (χ4n) is 3.01. The van der Waals surface area contributed by atoms with Gasteiger partial charge in [-0.2, -0.15) is 0 Å². The van der Waals surface area contributed by atoms with E-state index in [1.165, 1.54) is 13.0 Å². The van der Waals surface area contributed by atoms with Gasteiger partial charge in [-0.3, -0.25) is 9.59 Å². The molecule has 0 aromatic heterocycles. The molecular formula is C18H23FN2O4. The molecule has 6 nitrogen and oxygen atoms in total. The fourth-order valence-corrected chi connectivity index (χ4v) is 3.01. The van der Waals surface area contributed by atoms with Crippen molar-refractivity contribution in [2.75, 3.05) is 11.9 Å². The van der Waals surface area contributed by atoms with Gasteiger partial charge in [0.2, 0.25) is 5.91 Å². The van der Waals surface area contributed by atoms with Crippen molar-refractivity contribution in [3.8, 4) is 0 Å². The molecule has 0 unspecified atom stereocenters. The Morgan fingerprint density at radius 1 is 1.20 bits per heavy atom. The largest absolute Gasteiger partial charge is 0.454 e. The van der Waals surface area contributed by atoms with Crippen molar-refractivity contribution >= 4 is 23.5 Å². The van der Waals surface area contributed by atoms with E-state index >= 15 is 0 Å². The Balaban J connectivity index is 1.93. The van der Waals surface area contributed by atoms with Crippen molar-refractivity contribution < 1.29 is 23.5 Å². The highest BCUT2D eigenvalue weighted by Gasteiger charge is 2.41. The molecule has 2 rings (SSSR count). The molecule has 0 saturated heterocycles. The zero-order valence-corrected chi connectivity index (χ0v) is 14.5. The van der Waals surface area contributed by atoms with E-state index in [1.54, 1.807) is 19.1 Å². The summed E-state index contributed by atoms with van der Waals surface area (Å²) in [4.78, 5) is 35.8. The SMILES string of the molecule is CC(=O)NC1(C(=O)OCC(=O)Nc2ccc(C)c(F)c2)CCCCC1. The number of carbonyl (C=O) groups is 3. The van der Waals surface area contributed by atoms with Gasteiger partial charge in [0.1, 0.15) is 11.4 Å². The molecule has 0 aliphatic heterocycles. The van der Waals surface area contributed by atoms with Crippen LogP contribution < -0.4 is 10.6 Å². The van der Waals surface area contributed by atoms with Crippen LogP contribution in [-0.2, 0) is 19.1 Å². The van der Waals surface area contributed by atoms with E-state index in [0.29, 0.717) is 24.1 Å². The minimum absolute atomic E-state index is 0.290. The van der Waals surface area contributed by atoms with Gasteiger partial charge in [-0.25, -0.2) is 9.18 Å². The molecule has 7 heteroatoms. The number of hydrogen-bond donors (Lipinski definition) is 2. The molecule has 1 aliphatic rings. The van der Waals surface area contributed by atoms with Crippen molar-refractivity contribution in [1.82, 2.24) is 5.32 Å². The van der Waals surface area contributed by atoms with Gasteiger partial charge in [-0.1, -0.05) is 25.3 Å². The molecule has 0 bridgehead atoms. The second-order valence-electron chi connectivity index (χ2n) is 6.41. The van der Waals surface area contributed by atoms with Crippen molar-refractivity contribution in [2.24, 2.45) is 0 Å². The van der Waals surface area contributed by atoms with Crippen molar-refractivity contribution in [1.29, 1.82) is 0 Å². The van der Waals surface area contributed by atoms with Crippen LogP contribution in [0, 0.1) is 12.7 Å². The Kier molecular flexibility index (Phi) is 6.12. The minimum Gasteiger partial charge on any atom is -0.454 e. The number of esters is 1. The number of benzene rings is 1. The zero-order valence-electron chi connectivity index (χ0n) is 14.5. The Morgan fingerprint density at radius 3 is 2.48 bits per heavy atom. The smallest absolute Gasteiger partial charge is 0.332 e. The highest BCUT2D eigenvalue weighted by molar-refractivity contribution is 5.94. The van der Waals surface area contributed by atoms with Crippen LogP contribution in [0.25, 0.3) is 0 Å². The normalized spacial score (nSPS) is 16.0. The molecule has 136 valence electrons. The number of hydrogen-bond acceptors (Lipinski definition) is 4. The maximum absolute atomic E-state index is 13.5. The Bertz CT molecular complexity index is 669. The molecule has 1 aliphatic carbocycles. The molecule has 1 aromatic carbocycles. The maximum Gasteiger partial charge on any atom is 0.332 e. The van der Waals surface area contributed by atoms with Gasteiger partial charge in [0.15, 0.2) is 6.61 Å². The van der Waals surface area contributed by atoms with Crippen LogP contribution in [0.3, 0.4) is 0 Å². The van der Waals surface area contributed by atoms with Gasteiger partial charge in [0.05, 0.1) is 0 Å². The minimum atomic E-state index is -1.06. The summed E-state index contributed by atoms with van der Waals surface area (Å²) in [6, 6.07) is 4.32. The summed E-state index contributed by atoms with van der Waals surface area (Å²) < 4.78 is 18.6. The lowest BCUT2D eigenvalue weighted by atomic mass is 9.81. The quantitative estimate of drug-likeness (QED) is 0.799. The predicted molar refractivity (Wildman–Crippen MR) is 90.4 cm³/mol. The molecule has 1 fully saturated rings. The van der Waals surface area contributed by atoms with Gasteiger partial charge in [-0.05, 0) is 37.5 Å². The second-order valence-corrected chi connectivity index (χ2v) is 6.41. The lowest BCUT2D eigenvalue weighted by Crippen LogP contribution is -2.56. The summed E-state index contributed by atoms with van der Waals surface area (Å²) in [5.41, 5.74) is -0.294. The standard InChI is InChI=1S/C18H23FN2O4/c1-12-6-7-14(10-15(12)19)20-16(23)11-25-17(24)18(21-13(2)22)8-4-3-5-9-18/h6-7,10H,3-5,8-9,11H2,1-2H3,(H,20,23)(H,21,22). The molecule has 0 heterocycles. The third-order valence-corrected chi connectivity index (χ3v) is 4.30. The van der Waals surface area contributed by atoms with Gasteiger partial charge in [0.25, 0.3) is 5.91 Å². The molecule has 0 spiro atoms. The number of nitrogens with one attached hydrogen (secondary N) is 2. The summed E-state index contributed by atoms with van der Waals surface area (Å²) in [7, 11) is 0. The first-order chi connectivity index (χ1) is 11.8. The average molecular weight is 350 g/mol. The third kappa shape index (κ3) is 5.01. The van der Waals surface area contributed by atoms with Gasteiger partial charge >= 0.3 is 5.97 Å². The van der Waals surface area contributed by atoms with Crippen LogP contribution in [0.4, 0.5) is 10.1 Å². The molecule has 1 aromatic rings. The number of ether oxygens (including phenoxy) is 1. The lowest BCUT2D eigenvalue weighted by Gasteiger charge is -2.35. The van der Waals surface area contributed by atoms with Gasteiger partial charge in [-0.15, -0.1) is 0 Å². The first-order valence-corrected chi connectivity index (χ1v) is 8.34. The van der Waals surface area contributed by atoms with Gasteiger partial charge in [0, 0.05) is 12.6 Å². The first-order valence-electron chi connectivity index (χ1n) is 8.34. The average Bonchev–Trinajstić information content (AvgIpc) is 2.56. The van der Waals surface area contributed by atoms with E-state index in [0.717, 1.165) is 19.3 Å². The summed E-state index contributed by atoms with van der Waals surface area (Å²) in [5.74, 6) is -1.90. The number of halogens is 1. The van der Waals surface area contributed by atoms with E-state index < -0.39 is 29.8 Å². The van der Waals surface area contributed by atoms with Crippen molar-refractivity contribution in [2.45, 2.75) is 51.5 Å². The molecule has 25 heavy (non-hydrogen) atoms. The molecule has 2 amide bonds. The van der Waals surface area contributed by atoms with E-state index in [-0.39, 0.29) is 5.91 Å². The summed E-state index contributed by atoms with van der Waals surface area (Å²) in [6.45, 7) is 2.48. The van der Waals surface area contributed by atoms with Crippen LogP contribution in [-0.4, -0.2) is 29.9 Å². The van der Waals surface area contributed by atoms with E-state index in [9.17, 15) is 18.8 Å². The maximum atomic E-state index is 13.5. The lowest BCUT2D eigenvalue weighted by molar-refractivity contribution is -0.157. The number of anilines is 1. The molecular weight excluding hydrogens is 327 g/mol. The van der Waals surface area contributed by atoms with E-state index in [2.05, 4.69) is 10.6 Å². The van der Waals surface area contributed by atoms with E-state index in [1.807, 2.05) is 0 Å². The first kappa shape index (κ1) is 18.9. The van der Waals surface area contributed by atoms with Crippen molar-refractivity contribution in [3.63, 3.8) is 0 Å². The van der Waals surface area contributed by atoms with Crippen LogP contribution >= 0.6 is 0 Å². The highest BCUT2D eigenvalue weighted by Crippen LogP contribution is 2.29. The molecule has 0 atom stereocenters. The number of rotatable bonds is 5. The van der Waals surface area contributed by atoms with Gasteiger partial charge < -0.3 is 15.4 Å². The Hall–Kier alpha value is -2.44. The molecule has 1 saturated carbocycles. The number of aryl methyl sites for hydroxylation is 1. The second kappa shape index (κ2) is 8.09. The number of amides is 2. The number of carbonyl (C=O) groups excluding carboxylic acids is 3. The van der Waals surface area contributed by atoms with Crippen LogP contribution in [0.5, 0.6) is 0 Å². The Labute approximate surface area is 146 Å². The molecule has 0 radical (unpaired) electrons. The monoisotopic (exact) mass is 350 g/mol. The Morgan fingerprint density at radius 2 is 1.88 bits per heavy atom. The fraction of sp³-hybridized carbons (Fsp3) is 0.500. The summed E-state index contributed by atoms with van der Waals surface area (Å²) in [5, 5.41) is 5.17. The topological polar surface area (TPSA) is 84.5 Å². The summed E-state index contributed by atoms with van der Waals surface area (Å²) in [6.07, 6.45) is 3.61. The molecule has 2 N–H and O–H groups in total. The van der Waals surface area contributed by atoms with E-state index in [4.69, 9.17) is 4.74 Å². The van der Waals surface area contributed by atoms with Crippen LogP contribution in [0.1, 0.15) is 44.6 Å². The third-order valence-electron chi connectivity index (χ3n) is 4.30.